The second-order valence-electron chi connectivity index (χ2n) is 7.68. The van der Waals surface area contributed by atoms with Crippen LogP contribution >= 0.6 is 24.0 Å². The highest BCUT2D eigenvalue weighted by molar-refractivity contribution is 14.0. The van der Waals surface area contributed by atoms with Crippen LogP contribution in [0.25, 0.3) is 0 Å². The first kappa shape index (κ1) is 25.7. The third-order valence-corrected chi connectivity index (χ3v) is 5.84. The van der Waals surface area contributed by atoms with Gasteiger partial charge < -0.3 is 15.5 Å². The molecule has 1 aromatic carbocycles. The smallest absolute Gasteiger partial charge is 0.225 e. The Labute approximate surface area is 194 Å². The SMILES string of the molecule is CCc1ccc(CCNC(=NC)NC2CCN(C(=O)C(CC)CC)CC2)cc1.I. The number of benzene rings is 1. The fraction of sp³-hybridized carbons (Fsp3) is 0.652. The van der Waals surface area contributed by atoms with Gasteiger partial charge in [-0.1, -0.05) is 45.0 Å². The van der Waals surface area contributed by atoms with E-state index in [2.05, 4.69) is 60.7 Å². The van der Waals surface area contributed by atoms with Crippen molar-refractivity contribution in [1.29, 1.82) is 0 Å². The largest absolute Gasteiger partial charge is 0.356 e. The first-order valence-electron chi connectivity index (χ1n) is 10.9. The van der Waals surface area contributed by atoms with Gasteiger partial charge in [0.25, 0.3) is 0 Å². The van der Waals surface area contributed by atoms with E-state index in [1.807, 2.05) is 11.9 Å². The lowest BCUT2D eigenvalue weighted by molar-refractivity contribution is -0.136. The molecule has 0 radical (unpaired) electrons. The monoisotopic (exact) mass is 514 g/mol. The molecule has 1 aliphatic heterocycles. The van der Waals surface area contributed by atoms with Crippen molar-refractivity contribution < 1.29 is 4.79 Å². The molecule has 0 atom stereocenters. The van der Waals surface area contributed by atoms with Gasteiger partial charge in [-0.25, -0.2) is 0 Å². The summed E-state index contributed by atoms with van der Waals surface area (Å²) in [4.78, 5) is 18.9. The Morgan fingerprint density at radius 3 is 2.21 bits per heavy atom. The molecule has 1 heterocycles. The molecule has 1 saturated heterocycles. The molecule has 2 rings (SSSR count). The molecule has 6 heteroatoms. The Balaban J connectivity index is 0.00000420. The predicted molar refractivity (Wildman–Crippen MR) is 133 cm³/mol. The van der Waals surface area contributed by atoms with E-state index < -0.39 is 0 Å². The summed E-state index contributed by atoms with van der Waals surface area (Å²) in [7, 11) is 1.82. The number of carbonyl (C=O) groups excluding carboxylic acids is 1. The molecule has 0 aliphatic carbocycles. The molecule has 1 aliphatic rings. The van der Waals surface area contributed by atoms with Crippen molar-refractivity contribution in [3.8, 4) is 0 Å². The Morgan fingerprint density at radius 2 is 1.69 bits per heavy atom. The minimum absolute atomic E-state index is 0. The second-order valence-corrected chi connectivity index (χ2v) is 7.68. The van der Waals surface area contributed by atoms with Crippen molar-refractivity contribution in [2.24, 2.45) is 10.9 Å². The van der Waals surface area contributed by atoms with Crippen molar-refractivity contribution in [3.63, 3.8) is 0 Å². The number of rotatable bonds is 8. The number of likely N-dealkylation sites (tertiary alicyclic amines) is 1. The molecule has 2 N–H and O–H groups in total. The first-order valence-corrected chi connectivity index (χ1v) is 10.9. The molecule has 0 bridgehead atoms. The second kappa shape index (κ2) is 13.8. The molecule has 0 saturated carbocycles. The highest BCUT2D eigenvalue weighted by Crippen LogP contribution is 2.17. The zero-order chi connectivity index (χ0) is 20.4. The van der Waals surface area contributed by atoms with E-state index in [-0.39, 0.29) is 29.9 Å². The van der Waals surface area contributed by atoms with Crippen LogP contribution in [0.15, 0.2) is 29.3 Å². The number of nitrogens with one attached hydrogen (secondary N) is 2. The topological polar surface area (TPSA) is 56.7 Å². The number of hydrogen-bond donors (Lipinski definition) is 2. The number of amides is 1. The third kappa shape index (κ3) is 8.15. The lowest BCUT2D eigenvalue weighted by atomic mass is 9.98. The van der Waals surface area contributed by atoms with Gasteiger partial charge >= 0.3 is 0 Å². The number of aryl methyl sites for hydroxylation is 1. The quantitative estimate of drug-likeness (QED) is 0.313. The van der Waals surface area contributed by atoms with Crippen molar-refractivity contribution in [2.75, 3.05) is 26.7 Å². The zero-order valence-electron chi connectivity index (χ0n) is 18.5. The zero-order valence-corrected chi connectivity index (χ0v) is 20.9. The molecular weight excluding hydrogens is 475 g/mol. The third-order valence-electron chi connectivity index (χ3n) is 5.84. The van der Waals surface area contributed by atoms with E-state index in [1.54, 1.807) is 0 Å². The maximum Gasteiger partial charge on any atom is 0.225 e. The van der Waals surface area contributed by atoms with E-state index in [0.29, 0.717) is 11.9 Å². The van der Waals surface area contributed by atoms with Gasteiger partial charge in [0.05, 0.1) is 0 Å². The average molecular weight is 514 g/mol. The fourth-order valence-electron chi connectivity index (χ4n) is 3.80. The van der Waals surface area contributed by atoms with E-state index in [9.17, 15) is 4.79 Å². The minimum atomic E-state index is 0. The van der Waals surface area contributed by atoms with Gasteiger partial charge in [0, 0.05) is 38.6 Å². The molecule has 1 fully saturated rings. The molecular formula is C23H39IN4O. The van der Waals surface area contributed by atoms with E-state index in [0.717, 1.165) is 64.1 Å². The molecule has 164 valence electrons. The summed E-state index contributed by atoms with van der Waals surface area (Å²) in [6.07, 6.45) is 5.89. The van der Waals surface area contributed by atoms with Crippen LogP contribution in [0.4, 0.5) is 0 Å². The summed E-state index contributed by atoms with van der Waals surface area (Å²) in [5, 5.41) is 6.95. The van der Waals surface area contributed by atoms with Crippen LogP contribution in [0.3, 0.4) is 0 Å². The number of guanidine groups is 1. The normalized spacial score (nSPS) is 15.2. The van der Waals surface area contributed by atoms with Crippen molar-refractivity contribution in [3.05, 3.63) is 35.4 Å². The Hall–Kier alpha value is -1.31. The van der Waals surface area contributed by atoms with Gasteiger partial charge in [0.15, 0.2) is 5.96 Å². The number of aliphatic imine (C=N–C) groups is 1. The fourth-order valence-corrected chi connectivity index (χ4v) is 3.80. The summed E-state index contributed by atoms with van der Waals surface area (Å²) >= 11 is 0. The Kier molecular flexibility index (Phi) is 12.3. The van der Waals surface area contributed by atoms with Crippen LogP contribution in [-0.2, 0) is 17.6 Å². The number of piperidine rings is 1. The molecule has 29 heavy (non-hydrogen) atoms. The van der Waals surface area contributed by atoms with Crippen molar-refractivity contribution in [1.82, 2.24) is 15.5 Å². The van der Waals surface area contributed by atoms with Gasteiger partial charge in [-0.2, -0.15) is 0 Å². The maximum absolute atomic E-state index is 12.5. The lowest BCUT2D eigenvalue weighted by Gasteiger charge is -2.34. The van der Waals surface area contributed by atoms with Crippen LogP contribution < -0.4 is 10.6 Å². The van der Waals surface area contributed by atoms with Crippen LogP contribution in [-0.4, -0.2) is 49.5 Å². The number of nitrogens with zero attached hydrogens (tertiary/aromatic N) is 2. The highest BCUT2D eigenvalue weighted by Gasteiger charge is 2.26. The molecule has 1 aromatic rings. The van der Waals surface area contributed by atoms with Gasteiger partial charge in [-0.15, -0.1) is 24.0 Å². The van der Waals surface area contributed by atoms with Gasteiger partial charge in [0.1, 0.15) is 0 Å². The van der Waals surface area contributed by atoms with Crippen LogP contribution in [0, 0.1) is 5.92 Å². The van der Waals surface area contributed by atoms with Crippen LogP contribution in [0.5, 0.6) is 0 Å². The summed E-state index contributed by atoms with van der Waals surface area (Å²) < 4.78 is 0. The van der Waals surface area contributed by atoms with Gasteiger partial charge in [-0.05, 0) is 49.7 Å². The highest BCUT2D eigenvalue weighted by atomic mass is 127. The maximum atomic E-state index is 12.5. The summed E-state index contributed by atoms with van der Waals surface area (Å²) in [6, 6.07) is 9.21. The predicted octanol–water partition coefficient (Wildman–Crippen LogP) is 4.00. The summed E-state index contributed by atoms with van der Waals surface area (Å²) in [6.45, 7) is 8.93. The van der Waals surface area contributed by atoms with Crippen molar-refractivity contribution >= 4 is 35.8 Å². The minimum Gasteiger partial charge on any atom is -0.356 e. The molecule has 0 unspecified atom stereocenters. The first-order chi connectivity index (χ1) is 13.6. The van der Waals surface area contributed by atoms with Crippen molar-refractivity contribution in [2.45, 2.75) is 65.3 Å². The summed E-state index contributed by atoms with van der Waals surface area (Å²) in [5.74, 6) is 1.38. The number of hydrogen-bond acceptors (Lipinski definition) is 2. The number of halogens is 1. The van der Waals surface area contributed by atoms with E-state index in [4.69, 9.17) is 0 Å². The Bertz CT molecular complexity index is 620. The van der Waals surface area contributed by atoms with E-state index in [1.165, 1.54) is 11.1 Å². The molecule has 1 amide bonds. The van der Waals surface area contributed by atoms with E-state index >= 15 is 0 Å². The molecule has 0 spiro atoms. The lowest BCUT2D eigenvalue weighted by Crippen LogP contribution is -2.50. The molecule has 5 nitrogen and oxygen atoms in total. The van der Waals surface area contributed by atoms with Gasteiger partial charge in [-0.3, -0.25) is 9.79 Å². The molecule has 0 aromatic heterocycles. The summed E-state index contributed by atoms with van der Waals surface area (Å²) in [5.41, 5.74) is 2.72. The Morgan fingerprint density at radius 1 is 1.10 bits per heavy atom. The standard InChI is InChI=1S/C23H38N4O.HI/c1-5-18-8-10-19(11-9-18)12-15-25-23(24-4)26-21-13-16-27(17-14-21)22(28)20(6-2)7-3;/h8-11,20-21H,5-7,12-17H2,1-4H3,(H2,24,25,26);1H. The van der Waals surface area contributed by atoms with Crippen LogP contribution in [0.1, 0.15) is 57.6 Å². The van der Waals surface area contributed by atoms with Gasteiger partial charge in [0.2, 0.25) is 5.91 Å². The average Bonchev–Trinajstić information content (AvgIpc) is 2.74. The number of carbonyl (C=O) groups is 1. The van der Waals surface area contributed by atoms with Crippen LogP contribution in [0.2, 0.25) is 0 Å².